The van der Waals surface area contributed by atoms with Gasteiger partial charge in [-0.15, -0.1) is 0 Å². The SMILES string of the molecule is CC(C)c1cc(C(O)(C(F)(F)F)C(F)(F)F)ccc1N(C)S(=O)(=O)c1ccccc1. The Hall–Kier alpha value is -2.27. The summed E-state index contributed by atoms with van der Waals surface area (Å²) in [6.07, 6.45) is -12.1. The highest BCUT2D eigenvalue weighted by Gasteiger charge is 2.71. The lowest BCUT2D eigenvalue weighted by Crippen LogP contribution is -2.54. The molecule has 0 spiro atoms. The fraction of sp³-hybridized carbons (Fsp3) is 0.368. The lowest BCUT2D eigenvalue weighted by Gasteiger charge is -2.34. The van der Waals surface area contributed by atoms with E-state index < -0.39 is 39.5 Å². The molecule has 0 heterocycles. The maximum absolute atomic E-state index is 13.2. The number of rotatable bonds is 5. The minimum Gasteiger partial charge on any atom is -0.369 e. The smallest absolute Gasteiger partial charge is 0.369 e. The van der Waals surface area contributed by atoms with Crippen LogP contribution >= 0.6 is 0 Å². The number of benzene rings is 2. The Morgan fingerprint density at radius 1 is 0.900 bits per heavy atom. The lowest BCUT2D eigenvalue weighted by molar-refractivity contribution is -0.376. The largest absolute Gasteiger partial charge is 0.430 e. The second-order valence-corrected chi connectivity index (χ2v) is 8.89. The van der Waals surface area contributed by atoms with Gasteiger partial charge in [0, 0.05) is 12.6 Å². The van der Waals surface area contributed by atoms with Gasteiger partial charge in [0.25, 0.3) is 15.6 Å². The Bertz CT molecular complexity index is 987. The molecule has 0 amide bonds. The summed E-state index contributed by atoms with van der Waals surface area (Å²) in [6, 6.07) is 8.94. The second kappa shape index (κ2) is 7.77. The number of nitrogens with zero attached hydrogens (tertiary/aromatic N) is 1. The Balaban J connectivity index is 2.69. The molecule has 0 bridgehead atoms. The molecule has 0 saturated carbocycles. The fourth-order valence-electron chi connectivity index (χ4n) is 2.90. The molecule has 2 aromatic carbocycles. The van der Waals surface area contributed by atoms with Crippen molar-refractivity contribution in [2.75, 3.05) is 11.4 Å². The van der Waals surface area contributed by atoms with E-state index in [9.17, 15) is 39.9 Å². The molecular weight excluding hydrogens is 436 g/mol. The van der Waals surface area contributed by atoms with E-state index in [0.717, 1.165) is 17.4 Å². The van der Waals surface area contributed by atoms with E-state index >= 15 is 0 Å². The van der Waals surface area contributed by atoms with Crippen LogP contribution in [0.1, 0.15) is 30.9 Å². The Morgan fingerprint density at radius 3 is 1.83 bits per heavy atom. The first-order valence-electron chi connectivity index (χ1n) is 8.59. The molecule has 0 atom stereocenters. The second-order valence-electron chi connectivity index (χ2n) is 6.92. The van der Waals surface area contributed by atoms with Crippen molar-refractivity contribution < 1.29 is 39.9 Å². The van der Waals surface area contributed by atoms with Gasteiger partial charge in [0.2, 0.25) is 0 Å². The summed E-state index contributed by atoms with van der Waals surface area (Å²) in [5, 5.41) is 9.65. The summed E-state index contributed by atoms with van der Waals surface area (Å²) in [5.41, 5.74) is -6.76. The third-order valence-electron chi connectivity index (χ3n) is 4.63. The van der Waals surface area contributed by atoms with E-state index in [1.807, 2.05) is 0 Å². The Labute approximate surface area is 169 Å². The van der Waals surface area contributed by atoms with Crippen LogP contribution in [-0.4, -0.2) is 32.9 Å². The van der Waals surface area contributed by atoms with E-state index in [0.29, 0.717) is 12.1 Å². The molecule has 1 N–H and O–H groups in total. The van der Waals surface area contributed by atoms with Gasteiger partial charge in [0.05, 0.1) is 10.6 Å². The van der Waals surface area contributed by atoms with E-state index in [1.54, 1.807) is 6.07 Å². The van der Waals surface area contributed by atoms with E-state index in [1.165, 1.54) is 38.1 Å². The predicted octanol–water partition coefficient (Wildman–Crippen LogP) is 4.95. The van der Waals surface area contributed by atoms with Crippen LogP contribution in [0.15, 0.2) is 53.4 Å². The topological polar surface area (TPSA) is 57.6 Å². The summed E-state index contributed by atoms with van der Waals surface area (Å²) in [5.74, 6) is -0.654. The zero-order chi connectivity index (χ0) is 23.1. The molecule has 11 heteroatoms. The molecule has 2 rings (SSSR count). The molecule has 0 radical (unpaired) electrons. The molecule has 166 valence electrons. The van der Waals surface area contributed by atoms with Gasteiger partial charge in [0.15, 0.2) is 0 Å². The molecule has 0 aliphatic carbocycles. The number of halogens is 6. The molecule has 0 aliphatic rings. The van der Waals surface area contributed by atoms with Crippen LogP contribution in [0, 0.1) is 0 Å². The minimum atomic E-state index is -6.04. The molecule has 0 fully saturated rings. The van der Waals surface area contributed by atoms with Gasteiger partial charge in [-0.3, -0.25) is 4.31 Å². The average molecular weight is 455 g/mol. The van der Waals surface area contributed by atoms with Crippen molar-refractivity contribution in [3.05, 3.63) is 59.7 Å². The van der Waals surface area contributed by atoms with Crippen LogP contribution in [0.2, 0.25) is 0 Å². The number of aliphatic hydroxyl groups is 1. The Morgan fingerprint density at radius 2 is 1.40 bits per heavy atom. The Kier molecular flexibility index (Phi) is 6.22. The van der Waals surface area contributed by atoms with Crippen molar-refractivity contribution in [2.45, 2.75) is 42.6 Å². The molecule has 4 nitrogen and oxygen atoms in total. The van der Waals surface area contributed by atoms with Crippen LogP contribution in [0.25, 0.3) is 0 Å². The van der Waals surface area contributed by atoms with E-state index in [-0.39, 0.29) is 16.1 Å². The predicted molar refractivity (Wildman–Crippen MR) is 98.6 cm³/mol. The molecule has 2 aromatic rings. The fourth-order valence-corrected chi connectivity index (χ4v) is 4.14. The summed E-state index contributed by atoms with van der Waals surface area (Å²) in [6.45, 7) is 2.96. The van der Waals surface area contributed by atoms with Gasteiger partial charge in [-0.05, 0) is 35.7 Å². The monoisotopic (exact) mass is 455 g/mol. The standard InChI is InChI=1S/C19H19F6NO3S/c1-12(2)15-11-13(17(27,18(20,21)22)19(23,24)25)9-10-16(15)26(3)30(28,29)14-7-5-4-6-8-14/h4-12,27H,1-3H3. The van der Waals surface area contributed by atoms with Crippen LogP contribution in [-0.2, 0) is 15.6 Å². The first-order valence-corrected chi connectivity index (χ1v) is 10.0. The van der Waals surface area contributed by atoms with Gasteiger partial charge in [-0.1, -0.05) is 38.1 Å². The van der Waals surface area contributed by atoms with Crippen LogP contribution in [0.5, 0.6) is 0 Å². The van der Waals surface area contributed by atoms with E-state index in [4.69, 9.17) is 0 Å². The quantitative estimate of drug-likeness (QED) is 0.650. The van der Waals surface area contributed by atoms with Crippen molar-refractivity contribution in [1.29, 1.82) is 0 Å². The van der Waals surface area contributed by atoms with Gasteiger partial charge in [0.1, 0.15) is 0 Å². The van der Waals surface area contributed by atoms with Crippen molar-refractivity contribution in [3.8, 4) is 0 Å². The highest BCUT2D eigenvalue weighted by Crippen LogP contribution is 2.51. The van der Waals surface area contributed by atoms with Crippen LogP contribution < -0.4 is 4.31 Å². The number of sulfonamides is 1. The number of anilines is 1. The summed E-state index contributed by atoms with van der Waals surface area (Å²) >= 11 is 0. The van der Waals surface area contributed by atoms with Crippen molar-refractivity contribution in [1.82, 2.24) is 0 Å². The zero-order valence-electron chi connectivity index (χ0n) is 16.1. The summed E-state index contributed by atoms with van der Waals surface area (Å²) in [4.78, 5) is -0.103. The van der Waals surface area contributed by atoms with Crippen molar-refractivity contribution >= 4 is 15.7 Å². The third-order valence-corrected chi connectivity index (χ3v) is 6.41. The normalized spacial score (nSPS) is 13.6. The highest BCUT2D eigenvalue weighted by molar-refractivity contribution is 7.92. The first-order chi connectivity index (χ1) is 13.5. The molecule has 0 aliphatic heterocycles. The van der Waals surface area contributed by atoms with Crippen LogP contribution in [0.3, 0.4) is 0 Å². The van der Waals surface area contributed by atoms with Crippen molar-refractivity contribution in [2.24, 2.45) is 0 Å². The average Bonchev–Trinajstić information content (AvgIpc) is 2.65. The molecule has 0 saturated heterocycles. The van der Waals surface area contributed by atoms with Gasteiger partial charge in [-0.25, -0.2) is 8.42 Å². The van der Waals surface area contributed by atoms with Crippen LogP contribution in [0.4, 0.5) is 32.0 Å². The molecule has 30 heavy (non-hydrogen) atoms. The summed E-state index contributed by atoms with van der Waals surface area (Å²) < 4.78 is 106. The van der Waals surface area contributed by atoms with E-state index in [2.05, 4.69) is 0 Å². The lowest BCUT2D eigenvalue weighted by atomic mass is 9.88. The third kappa shape index (κ3) is 4.00. The maximum Gasteiger partial charge on any atom is 0.430 e. The molecule has 0 aromatic heterocycles. The zero-order valence-corrected chi connectivity index (χ0v) is 16.9. The van der Waals surface area contributed by atoms with Gasteiger partial charge < -0.3 is 5.11 Å². The minimum absolute atomic E-state index is 0.103. The van der Waals surface area contributed by atoms with Gasteiger partial charge in [-0.2, -0.15) is 26.3 Å². The molecular formula is C19H19F6NO3S. The first kappa shape index (κ1) is 24.0. The number of alkyl halides is 6. The highest BCUT2D eigenvalue weighted by atomic mass is 32.2. The number of hydrogen-bond acceptors (Lipinski definition) is 3. The summed E-state index contributed by atoms with van der Waals surface area (Å²) in [7, 11) is -2.99. The van der Waals surface area contributed by atoms with Gasteiger partial charge >= 0.3 is 12.4 Å². The maximum atomic E-state index is 13.2. The molecule has 0 unspecified atom stereocenters. The van der Waals surface area contributed by atoms with Crippen molar-refractivity contribution in [3.63, 3.8) is 0 Å². The number of hydrogen-bond donors (Lipinski definition) is 1.